The highest BCUT2D eigenvalue weighted by molar-refractivity contribution is 5.89. The van der Waals surface area contributed by atoms with E-state index in [-0.39, 0.29) is 23.2 Å². The molecule has 4 aliphatic rings. The molecule has 1 spiro atoms. The van der Waals surface area contributed by atoms with Crippen LogP contribution in [0.25, 0.3) is 0 Å². The number of methoxy groups -OCH3 is 1. The van der Waals surface area contributed by atoms with Crippen LogP contribution in [0.3, 0.4) is 0 Å². The van der Waals surface area contributed by atoms with E-state index in [4.69, 9.17) is 9.47 Å². The van der Waals surface area contributed by atoms with Crippen molar-refractivity contribution < 1.29 is 14.3 Å². The Morgan fingerprint density at radius 2 is 2.30 bits per heavy atom. The van der Waals surface area contributed by atoms with Gasteiger partial charge in [0.2, 0.25) is 0 Å². The molecule has 2 aliphatic carbocycles. The highest BCUT2D eigenvalue weighted by Gasteiger charge is 2.66. The second-order valence-electron chi connectivity index (χ2n) is 7.05. The lowest BCUT2D eigenvalue weighted by Gasteiger charge is -2.55. The molecule has 6 heteroatoms. The highest BCUT2D eigenvalue weighted by Crippen LogP contribution is 2.63. The third kappa shape index (κ3) is 1.38. The van der Waals surface area contributed by atoms with Gasteiger partial charge in [0.1, 0.15) is 0 Å². The van der Waals surface area contributed by atoms with Gasteiger partial charge in [-0.3, -0.25) is 9.80 Å². The predicted octanol–water partition coefficient (Wildman–Crippen LogP) is 1.98. The van der Waals surface area contributed by atoms with E-state index in [1.54, 1.807) is 12.1 Å². The SMILES string of the molecule is COc1ccc2c3c1O[C@H]1C(=O)CC[C@H]4[C@@H](C2)N(N=O)CC[C@]314. The number of ketones is 1. The van der Waals surface area contributed by atoms with Gasteiger partial charge in [-0.25, -0.2) is 0 Å². The number of Topliss-reactive ketones (excluding diaryl/α,β-unsaturated/α-hetero) is 1. The topological polar surface area (TPSA) is 68.2 Å². The van der Waals surface area contributed by atoms with Gasteiger partial charge in [0.15, 0.2) is 23.4 Å². The molecule has 6 nitrogen and oxygen atoms in total. The summed E-state index contributed by atoms with van der Waals surface area (Å²) in [7, 11) is 1.63. The van der Waals surface area contributed by atoms with E-state index in [1.165, 1.54) is 11.1 Å². The van der Waals surface area contributed by atoms with Gasteiger partial charge < -0.3 is 9.47 Å². The van der Waals surface area contributed by atoms with E-state index < -0.39 is 6.10 Å². The fourth-order valence-electron chi connectivity index (χ4n) is 5.56. The first-order valence-electron chi connectivity index (χ1n) is 8.20. The molecule has 1 aromatic carbocycles. The third-order valence-corrected chi connectivity index (χ3v) is 6.39. The smallest absolute Gasteiger partial charge is 0.174 e. The van der Waals surface area contributed by atoms with E-state index in [0.29, 0.717) is 18.7 Å². The van der Waals surface area contributed by atoms with Crippen LogP contribution in [0.15, 0.2) is 17.4 Å². The molecule has 0 N–H and O–H groups in total. The van der Waals surface area contributed by atoms with Crippen LogP contribution in [0, 0.1) is 10.8 Å². The van der Waals surface area contributed by atoms with Crippen LogP contribution in [0.2, 0.25) is 0 Å². The highest BCUT2D eigenvalue weighted by atomic mass is 16.5. The Kier molecular flexibility index (Phi) is 2.46. The normalized spacial score (nSPS) is 36.3. The molecule has 0 aromatic heterocycles. The van der Waals surface area contributed by atoms with Crippen LogP contribution >= 0.6 is 0 Å². The summed E-state index contributed by atoms with van der Waals surface area (Å²) < 4.78 is 11.7. The summed E-state index contributed by atoms with van der Waals surface area (Å²) in [6.45, 7) is 0.591. The lowest BCUT2D eigenvalue weighted by atomic mass is 9.52. The first kappa shape index (κ1) is 13.3. The zero-order chi connectivity index (χ0) is 15.8. The molecular weight excluding hydrogens is 296 g/mol. The number of ether oxygens (including phenoxy) is 2. The molecule has 120 valence electrons. The fraction of sp³-hybridized carbons (Fsp3) is 0.588. The Bertz CT molecular complexity index is 734. The van der Waals surface area contributed by atoms with E-state index in [0.717, 1.165) is 25.0 Å². The van der Waals surface area contributed by atoms with Crippen LogP contribution in [-0.4, -0.2) is 36.6 Å². The Balaban J connectivity index is 1.79. The van der Waals surface area contributed by atoms with Crippen molar-refractivity contribution in [3.63, 3.8) is 0 Å². The molecular formula is C17H18N2O4. The lowest BCUT2D eigenvalue weighted by molar-refractivity contribution is -0.138. The Hall–Kier alpha value is -2.11. The molecule has 0 unspecified atom stereocenters. The van der Waals surface area contributed by atoms with Crippen molar-refractivity contribution in [1.82, 2.24) is 5.01 Å². The Labute approximate surface area is 133 Å². The lowest BCUT2D eigenvalue weighted by Crippen LogP contribution is -2.65. The van der Waals surface area contributed by atoms with Crippen molar-refractivity contribution in [2.45, 2.75) is 43.2 Å². The van der Waals surface area contributed by atoms with Crippen molar-refractivity contribution in [3.8, 4) is 11.5 Å². The van der Waals surface area contributed by atoms with Gasteiger partial charge in [-0.15, -0.1) is 4.91 Å². The van der Waals surface area contributed by atoms with Crippen LogP contribution in [0.1, 0.15) is 30.4 Å². The molecule has 2 aliphatic heterocycles. The summed E-state index contributed by atoms with van der Waals surface area (Å²) in [6, 6.07) is 4.04. The average molecular weight is 314 g/mol. The molecule has 1 saturated heterocycles. The Morgan fingerprint density at radius 1 is 1.43 bits per heavy atom. The predicted molar refractivity (Wildman–Crippen MR) is 81.4 cm³/mol. The molecule has 2 bridgehead atoms. The number of nitroso groups, excluding NO2 is 1. The zero-order valence-electron chi connectivity index (χ0n) is 12.9. The number of carbonyl (C=O) groups excluding carboxylic acids is 1. The van der Waals surface area contributed by atoms with Crippen LogP contribution in [-0.2, 0) is 16.6 Å². The largest absolute Gasteiger partial charge is 0.493 e. The van der Waals surface area contributed by atoms with Crippen molar-refractivity contribution in [2.75, 3.05) is 13.7 Å². The number of hydrogen-bond donors (Lipinski definition) is 0. The number of rotatable bonds is 2. The number of carbonyl (C=O) groups is 1. The summed E-state index contributed by atoms with van der Waals surface area (Å²) in [4.78, 5) is 23.9. The summed E-state index contributed by atoms with van der Waals surface area (Å²) >= 11 is 0. The summed E-state index contributed by atoms with van der Waals surface area (Å²) in [5.41, 5.74) is 2.05. The van der Waals surface area contributed by atoms with E-state index in [9.17, 15) is 9.70 Å². The van der Waals surface area contributed by atoms with Crippen molar-refractivity contribution in [1.29, 1.82) is 0 Å². The molecule has 2 heterocycles. The van der Waals surface area contributed by atoms with Gasteiger partial charge in [0.05, 0.1) is 23.9 Å². The maximum Gasteiger partial charge on any atom is 0.174 e. The second-order valence-corrected chi connectivity index (χ2v) is 7.05. The molecule has 5 rings (SSSR count). The average Bonchev–Trinajstić information content (AvgIpc) is 2.91. The molecule has 4 atom stereocenters. The summed E-state index contributed by atoms with van der Waals surface area (Å²) in [6.07, 6.45) is 2.43. The van der Waals surface area contributed by atoms with Crippen LogP contribution in [0.5, 0.6) is 11.5 Å². The van der Waals surface area contributed by atoms with Gasteiger partial charge in [-0.05, 0) is 36.8 Å². The maximum atomic E-state index is 12.6. The number of hydrogen-bond acceptors (Lipinski definition) is 5. The van der Waals surface area contributed by atoms with E-state index >= 15 is 0 Å². The molecule has 0 radical (unpaired) electrons. The van der Waals surface area contributed by atoms with E-state index in [2.05, 4.69) is 11.4 Å². The number of benzene rings is 1. The molecule has 2 fully saturated rings. The van der Waals surface area contributed by atoms with E-state index in [1.807, 2.05) is 6.07 Å². The number of piperidine rings is 1. The van der Waals surface area contributed by atoms with Crippen molar-refractivity contribution in [2.24, 2.45) is 11.2 Å². The van der Waals surface area contributed by atoms with Crippen LogP contribution in [0.4, 0.5) is 0 Å². The zero-order valence-corrected chi connectivity index (χ0v) is 12.9. The van der Waals surface area contributed by atoms with Gasteiger partial charge in [0.25, 0.3) is 0 Å². The second kappa shape index (κ2) is 4.24. The molecule has 23 heavy (non-hydrogen) atoms. The maximum absolute atomic E-state index is 12.6. The first-order chi connectivity index (χ1) is 11.2. The third-order valence-electron chi connectivity index (χ3n) is 6.39. The minimum absolute atomic E-state index is 0.0762. The first-order valence-corrected chi connectivity index (χ1v) is 8.20. The fourth-order valence-corrected chi connectivity index (χ4v) is 5.56. The van der Waals surface area contributed by atoms with Crippen molar-refractivity contribution >= 4 is 5.78 Å². The minimum Gasteiger partial charge on any atom is -0.493 e. The van der Waals surface area contributed by atoms with Gasteiger partial charge >= 0.3 is 0 Å². The minimum atomic E-state index is -0.428. The molecule has 1 aromatic rings. The van der Waals surface area contributed by atoms with Crippen molar-refractivity contribution in [3.05, 3.63) is 28.2 Å². The van der Waals surface area contributed by atoms with Gasteiger partial charge in [0, 0.05) is 18.5 Å². The quantitative estimate of drug-likeness (QED) is 0.781. The summed E-state index contributed by atoms with van der Waals surface area (Å²) in [5.74, 6) is 1.88. The van der Waals surface area contributed by atoms with Gasteiger partial charge in [-0.2, -0.15) is 0 Å². The molecule has 0 amide bonds. The van der Waals surface area contributed by atoms with Crippen LogP contribution < -0.4 is 9.47 Å². The monoisotopic (exact) mass is 314 g/mol. The summed E-state index contributed by atoms with van der Waals surface area (Å²) in [5, 5.41) is 4.94. The van der Waals surface area contributed by atoms with Gasteiger partial charge in [-0.1, -0.05) is 6.07 Å². The standard InChI is InChI=1S/C17H18N2O4/c1-22-13-5-2-9-8-11-10-3-4-12(20)16-17(10,6-7-19(11)18-21)14(9)15(13)23-16/h2,5,10-11,16H,3-4,6-8H2,1H3/t10-,11+,16-,17-/m0/s1. The Morgan fingerprint density at radius 3 is 3.09 bits per heavy atom. The molecule has 1 saturated carbocycles. The number of nitrogens with zero attached hydrogens (tertiary/aromatic N) is 2.